The first-order valence-corrected chi connectivity index (χ1v) is 6.62. The predicted octanol–water partition coefficient (Wildman–Crippen LogP) is 3.58. The Morgan fingerprint density at radius 3 is 2.65 bits per heavy atom. The fraction of sp³-hybridized carbons (Fsp3) is 0.250. The number of rotatable bonds is 3. The summed E-state index contributed by atoms with van der Waals surface area (Å²) in [7, 11) is 0. The van der Waals surface area contributed by atoms with E-state index in [2.05, 4.69) is 15.6 Å². The van der Waals surface area contributed by atoms with Crippen molar-refractivity contribution in [2.24, 2.45) is 0 Å². The maximum Gasteiger partial charge on any atom is 0.319 e. The number of aryl methyl sites for hydroxylation is 1. The molecule has 20 heavy (non-hydrogen) atoms. The van der Waals surface area contributed by atoms with E-state index in [1.165, 1.54) is 0 Å². The van der Waals surface area contributed by atoms with Crippen molar-refractivity contribution in [3.05, 3.63) is 59.4 Å². The van der Waals surface area contributed by atoms with Crippen molar-refractivity contribution in [3.63, 3.8) is 0 Å². The number of hydrogen-bond acceptors (Lipinski definition) is 2. The monoisotopic (exact) mass is 269 g/mol. The smallest absolute Gasteiger partial charge is 0.319 e. The van der Waals surface area contributed by atoms with Gasteiger partial charge >= 0.3 is 6.03 Å². The van der Waals surface area contributed by atoms with Gasteiger partial charge in [0.2, 0.25) is 0 Å². The molecule has 0 bridgehead atoms. The Hall–Kier alpha value is -2.36. The number of carbonyl (C=O) groups excluding carboxylic acids is 1. The molecule has 4 nitrogen and oxygen atoms in total. The van der Waals surface area contributed by atoms with Gasteiger partial charge in [0.25, 0.3) is 0 Å². The summed E-state index contributed by atoms with van der Waals surface area (Å²) in [5.41, 5.74) is 3.90. The van der Waals surface area contributed by atoms with E-state index in [1.807, 2.05) is 57.2 Å². The van der Waals surface area contributed by atoms with Crippen molar-refractivity contribution in [1.82, 2.24) is 10.3 Å². The van der Waals surface area contributed by atoms with E-state index in [0.29, 0.717) is 0 Å². The fourth-order valence-corrected chi connectivity index (χ4v) is 1.95. The van der Waals surface area contributed by atoms with Gasteiger partial charge in [-0.2, -0.15) is 0 Å². The van der Waals surface area contributed by atoms with Crippen molar-refractivity contribution in [1.29, 1.82) is 0 Å². The molecule has 1 aromatic heterocycles. The number of amides is 2. The second-order valence-electron chi connectivity index (χ2n) is 4.82. The largest absolute Gasteiger partial charge is 0.330 e. The highest BCUT2D eigenvalue weighted by Crippen LogP contribution is 2.18. The molecule has 1 unspecified atom stereocenters. The van der Waals surface area contributed by atoms with Crippen molar-refractivity contribution in [2.45, 2.75) is 26.8 Å². The molecule has 1 heterocycles. The summed E-state index contributed by atoms with van der Waals surface area (Å²) in [5, 5.41) is 5.75. The third kappa shape index (κ3) is 3.35. The van der Waals surface area contributed by atoms with Crippen LogP contribution in [0, 0.1) is 13.8 Å². The molecule has 0 aliphatic carbocycles. The maximum absolute atomic E-state index is 12.0. The molecular weight excluding hydrogens is 250 g/mol. The highest BCUT2D eigenvalue weighted by Gasteiger charge is 2.11. The average molecular weight is 269 g/mol. The molecule has 0 radical (unpaired) electrons. The number of aromatic nitrogens is 1. The van der Waals surface area contributed by atoms with Gasteiger partial charge in [0, 0.05) is 11.9 Å². The van der Waals surface area contributed by atoms with Gasteiger partial charge in [0.05, 0.1) is 11.7 Å². The van der Waals surface area contributed by atoms with Crippen molar-refractivity contribution in [2.75, 3.05) is 5.32 Å². The lowest BCUT2D eigenvalue weighted by molar-refractivity contribution is 0.249. The number of hydrogen-bond donors (Lipinski definition) is 2. The summed E-state index contributed by atoms with van der Waals surface area (Å²) in [4.78, 5) is 16.2. The third-order valence-electron chi connectivity index (χ3n) is 3.33. The molecule has 2 aromatic rings. The van der Waals surface area contributed by atoms with Crippen LogP contribution in [-0.2, 0) is 0 Å². The van der Waals surface area contributed by atoms with Gasteiger partial charge < -0.3 is 10.6 Å². The molecule has 0 saturated carbocycles. The normalized spacial score (nSPS) is 11.8. The first-order chi connectivity index (χ1) is 9.58. The zero-order valence-electron chi connectivity index (χ0n) is 12.0. The molecule has 104 valence electrons. The van der Waals surface area contributed by atoms with Crippen LogP contribution in [0.15, 0.2) is 42.6 Å². The highest BCUT2D eigenvalue weighted by atomic mass is 16.2. The van der Waals surface area contributed by atoms with E-state index in [4.69, 9.17) is 0 Å². The van der Waals surface area contributed by atoms with Crippen LogP contribution in [0.3, 0.4) is 0 Å². The van der Waals surface area contributed by atoms with E-state index in [-0.39, 0.29) is 12.1 Å². The maximum atomic E-state index is 12.0. The lowest BCUT2D eigenvalue weighted by atomic mass is 10.1. The Labute approximate surface area is 119 Å². The summed E-state index contributed by atoms with van der Waals surface area (Å²) >= 11 is 0. The van der Waals surface area contributed by atoms with Gasteiger partial charge in [-0.1, -0.05) is 18.2 Å². The predicted molar refractivity (Wildman–Crippen MR) is 80.7 cm³/mol. The number of nitrogens with zero attached hydrogens (tertiary/aromatic N) is 1. The minimum absolute atomic E-state index is 0.138. The molecule has 1 aromatic carbocycles. The Balaban J connectivity index is 2.01. The quantitative estimate of drug-likeness (QED) is 0.894. The second kappa shape index (κ2) is 6.19. The fourth-order valence-electron chi connectivity index (χ4n) is 1.95. The topological polar surface area (TPSA) is 54.0 Å². The van der Waals surface area contributed by atoms with Crippen LogP contribution in [0.25, 0.3) is 0 Å². The zero-order chi connectivity index (χ0) is 14.5. The van der Waals surface area contributed by atoms with Crippen LogP contribution in [0.5, 0.6) is 0 Å². The van der Waals surface area contributed by atoms with Crippen LogP contribution in [0.1, 0.15) is 29.8 Å². The molecule has 0 spiro atoms. The van der Waals surface area contributed by atoms with Gasteiger partial charge in [-0.15, -0.1) is 0 Å². The highest BCUT2D eigenvalue weighted by molar-refractivity contribution is 5.90. The van der Waals surface area contributed by atoms with E-state index in [0.717, 1.165) is 22.5 Å². The van der Waals surface area contributed by atoms with Gasteiger partial charge in [-0.3, -0.25) is 4.98 Å². The van der Waals surface area contributed by atoms with Crippen LogP contribution < -0.4 is 10.6 Å². The van der Waals surface area contributed by atoms with Gasteiger partial charge in [-0.05, 0) is 50.1 Å². The SMILES string of the molecule is Cc1cccc(NC(=O)NC(C)c2ccccn2)c1C. The Bertz CT molecular complexity index is 596. The number of carbonyl (C=O) groups is 1. The van der Waals surface area contributed by atoms with E-state index in [9.17, 15) is 4.79 Å². The average Bonchev–Trinajstić information content (AvgIpc) is 2.45. The molecule has 0 aliphatic rings. The molecule has 0 fully saturated rings. The molecule has 2 rings (SSSR count). The molecular formula is C16H19N3O. The number of nitrogens with one attached hydrogen (secondary N) is 2. The summed E-state index contributed by atoms with van der Waals surface area (Å²) in [6.07, 6.45) is 1.72. The standard InChI is InChI=1S/C16H19N3O/c1-11-7-6-9-14(12(11)2)19-16(20)18-13(3)15-8-4-5-10-17-15/h4-10,13H,1-3H3,(H2,18,19,20). The Kier molecular flexibility index (Phi) is 4.35. The van der Waals surface area contributed by atoms with Gasteiger partial charge in [0.1, 0.15) is 0 Å². The minimum Gasteiger partial charge on any atom is -0.330 e. The Morgan fingerprint density at radius 1 is 1.15 bits per heavy atom. The van der Waals surface area contributed by atoms with E-state index < -0.39 is 0 Å². The van der Waals surface area contributed by atoms with Crippen LogP contribution in [0.4, 0.5) is 10.5 Å². The van der Waals surface area contributed by atoms with Crippen LogP contribution in [0.2, 0.25) is 0 Å². The second-order valence-corrected chi connectivity index (χ2v) is 4.82. The molecule has 1 atom stereocenters. The minimum atomic E-state index is -0.225. The van der Waals surface area contributed by atoms with Crippen molar-refractivity contribution < 1.29 is 4.79 Å². The molecule has 0 aliphatic heterocycles. The Morgan fingerprint density at radius 2 is 1.95 bits per heavy atom. The van der Waals surface area contributed by atoms with E-state index in [1.54, 1.807) is 6.20 Å². The third-order valence-corrected chi connectivity index (χ3v) is 3.33. The first kappa shape index (κ1) is 14.1. The lowest BCUT2D eigenvalue weighted by Gasteiger charge is -2.15. The summed E-state index contributed by atoms with van der Waals surface area (Å²) in [6.45, 7) is 5.92. The summed E-state index contributed by atoms with van der Waals surface area (Å²) in [5.74, 6) is 0. The van der Waals surface area contributed by atoms with Crippen molar-refractivity contribution >= 4 is 11.7 Å². The number of pyridine rings is 1. The summed E-state index contributed by atoms with van der Waals surface area (Å²) in [6, 6.07) is 11.1. The molecule has 2 amide bonds. The lowest BCUT2D eigenvalue weighted by Crippen LogP contribution is -2.31. The summed E-state index contributed by atoms with van der Waals surface area (Å²) < 4.78 is 0. The number of benzene rings is 1. The number of urea groups is 1. The van der Waals surface area contributed by atoms with Crippen LogP contribution in [-0.4, -0.2) is 11.0 Å². The van der Waals surface area contributed by atoms with Gasteiger partial charge in [0.15, 0.2) is 0 Å². The van der Waals surface area contributed by atoms with Crippen molar-refractivity contribution in [3.8, 4) is 0 Å². The molecule has 2 N–H and O–H groups in total. The van der Waals surface area contributed by atoms with Gasteiger partial charge in [-0.25, -0.2) is 4.79 Å². The number of anilines is 1. The molecule has 0 saturated heterocycles. The molecule has 4 heteroatoms. The van der Waals surface area contributed by atoms with Crippen LogP contribution >= 0.6 is 0 Å². The first-order valence-electron chi connectivity index (χ1n) is 6.62. The van der Waals surface area contributed by atoms with E-state index >= 15 is 0 Å². The zero-order valence-corrected chi connectivity index (χ0v) is 12.0.